The minimum absolute atomic E-state index is 0.113. The topological polar surface area (TPSA) is 38.3 Å². The van der Waals surface area contributed by atoms with Gasteiger partial charge in [0.05, 0.1) is 6.61 Å². The highest BCUT2D eigenvalue weighted by Gasteiger charge is 2.39. The molecule has 0 saturated carbocycles. The average molecular weight is 209 g/mol. The van der Waals surface area contributed by atoms with Crippen LogP contribution >= 0.6 is 0 Å². The van der Waals surface area contributed by atoms with Crippen LogP contribution in [0.15, 0.2) is 11.6 Å². The first kappa shape index (κ1) is 10.8. The van der Waals surface area contributed by atoms with Gasteiger partial charge in [-0.25, -0.2) is 0 Å². The van der Waals surface area contributed by atoms with Crippen molar-refractivity contribution >= 4 is 5.78 Å². The Labute approximate surface area is 90.9 Å². The first-order valence-corrected chi connectivity index (χ1v) is 5.79. The summed E-state index contributed by atoms with van der Waals surface area (Å²) in [5, 5.41) is 3.42. The Kier molecular flexibility index (Phi) is 3.22. The Morgan fingerprint density at radius 1 is 1.53 bits per heavy atom. The fraction of sp³-hybridized carbons (Fsp3) is 0.750. The van der Waals surface area contributed by atoms with Crippen molar-refractivity contribution in [3.63, 3.8) is 0 Å². The molecule has 3 heteroatoms. The largest absolute Gasteiger partial charge is 0.381 e. The fourth-order valence-corrected chi connectivity index (χ4v) is 2.55. The van der Waals surface area contributed by atoms with Crippen LogP contribution in [0.3, 0.4) is 0 Å². The zero-order chi connectivity index (χ0) is 10.7. The summed E-state index contributed by atoms with van der Waals surface area (Å²) in [7, 11) is 0. The molecule has 1 saturated heterocycles. The maximum absolute atomic E-state index is 11.4. The second kappa shape index (κ2) is 4.45. The third-order valence-corrected chi connectivity index (χ3v) is 3.48. The number of hydrogen-bond donors (Lipinski definition) is 1. The highest BCUT2D eigenvalue weighted by atomic mass is 16.5. The van der Waals surface area contributed by atoms with Crippen LogP contribution in [0, 0.1) is 5.41 Å². The highest BCUT2D eigenvalue weighted by Crippen LogP contribution is 2.39. The van der Waals surface area contributed by atoms with Crippen LogP contribution in [-0.2, 0) is 9.53 Å². The summed E-state index contributed by atoms with van der Waals surface area (Å²) in [5.41, 5.74) is 1.42. The summed E-state index contributed by atoms with van der Waals surface area (Å²) < 4.78 is 5.58. The van der Waals surface area contributed by atoms with Crippen molar-refractivity contribution in [2.45, 2.75) is 26.2 Å². The van der Waals surface area contributed by atoms with Gasteiger partial charge in [0.1, 0.15) is 0 Å². The lowest BCUT2D eigenvalue weighted by molar-refractivity contribution is -0.116. The molecule has 0 aromatic heterocycles. The number of ether oxygens (including phenoxy) is 1. The van der Waals surface area contributed by atoms with Crippen molar-refractivity contribution in [3.8, 4) is 0 Å². The summed E-state index contributed by atoms with van der Waals surface area (Å²) in [6.07, 6.45) is 4.49. The minimum Gasteiger partial charge on any atom is -0.381 e. The predicted octanol–water partition coefficient (Wildman–Crippen LogP) is 1.29. The molecule has 1 unspecified atom stereocenters. The van der Waals surface area contributed by atoms with Crippen LogP contribution in [-0.4, -0.2) is 32.1 Å². The molecule has 84 valence electrons. The van der Waals surface area contributed by atoms with Gasteiger partial charge in [0, 0.05) is 25.0 Å². The summed E-state index contributed by atoms with van der Waals surface area (Å²) >= 11 is 0. The Hall–Kier alpha value is -0.670. The summed E-state index contributed by atoms with van der Waals surface area (Å²) in [6, 6.07) is 0. The van der Waals surface area contributed by atoms with Gasteiger partial charge in [-0.05, 0) is 32.4 Å². The molecule has 2 rings (SSSR count). The number of piperidine rings is 1. The van der Waals surface area contributed by atoms with E-state index < -0.39 is 0 Å². The van der Waals surface area contributed by atoms with E-state index in [1.165, 1.54) is 5.57 Å². The van der Waals surface area contributed by atoms with Crippen molar-refractivity contribution in [1.29, 1.82) is 0 Å². The molecule has 1 aliphatic heterocycles. The second-order valence-corrected chi connectivity index (χ2v) is 4.48. The Morgan fingerprint density at radius 3 is 3.20 bits per heavy atom. The van der Waals surface area contributed by atoms with E-state index in [2.05, 4.69) is 5.32 Å². The Morgan fingerprint density at radius 2 is 2.40 bits per heavy atom. The number of nitrogens with one attached hydrogen (secondary N) is 1. The van der Waals surface area contributed by atoms with Gasteiger partial charge in [-0.3, -0.25) is 4.79 Å². The summed E-state index contributed by atoms with van der Waals surface area (Å²) in [4.78, 5) is 11.4. The van der Waals surface area contributed by atoms with Gasteiger partial charge in [0.2, 0.25) is 0 Å². The number of ketones is 1. The van der Waals surface area contributed by atoms with E-state index in [1.54, 1.807) is 0 Å². The molecular formula is C12H19NO2. The van der Waals surface area contributed by atoms with Crippen molar-refractivity contribution in [3.05, 3.63) is 11.6 Å². The van der Waals surface area contributed by atoms with Gasteiger partial charge in [-0.15, -0.1) is 0 Å². The molecule has 0 aromatic carbocycles. The fourth-order valence-electron chi connectivity index (χ4n) is 2.55. The highest BCUT2D eigenvalue weighted by molar-refractivity contribution is 5.91. The van der Waals surface area contributed by atoms with Gasteiger partial charge in [0.25, 0.3) is 0 Å². The van der Waals surface area contributed by atoms with Crippen molar-refractivity contribution in [2.24, 2.45) is 5.41 Å². The van der Waals surface area contributed by atoms with Crippen LogP contribution in [0.25, 0.3) is 0 Å². The zero-order valence-electron chi connectivity index (χ0n) is 9.34. The molecule has 1 N–H and O–H groups in total. The molecule has 3 nitrogen and oxygen atoms in total. The zero-order valence-corrected chi connectivity index (χ0v) is 9.34. The van der Waals surface area contributed by atoms with Crippen LogP contribution in [0.2, 0.25) is 0 Å². The molecule has 1 heterocycles. The summed E-state index contributed by atoms with van der Waals surface area (Å²) in [5.74, 6) is 0.291. The van der Waals surface area contributed by atoms with Gasteiger partial charge in [-0.2, -0.15) is 0 Å². The monoisotopic (exact) mass is 209 g/mol. The van der Waals surface area contributed by atoms with Gasteiger partial charge in [0.15, 0.2) is 5.78 Å². The second-order valence-electron chi connectivity index (χ2n) is 4.48. The molecule has 0 bridgehead atoms. The Balaban J connectivity index is 2.17. The smallest absolute Gasteiger partial charge is 0.155 e. The van der Waals surface area contributed by atoms with Crippen molar-refractivity contribution in [1.82, 2.24) is 5.32 Å². The standard InChI is InChI=1S/C12H19NO2/c1-2-15-9-12-5-3-11(14)7-10(12)4-6-13-8-12/h7,13H,2-6,8-9H2,1H3. The van der Waals surface area contributed by atoms with Crippen LogP contribution < -0.4 is 5.32 Å². The van der Waals surface area contributed by atoms with E-state index >= 15 is 0 Å². The maximum Gasteiger partial charge on any atom is 0.155 e. The van der Waals surface area contributed by atoms with Gasteiger partial charge < -0.3 is 10.1 Å². The first-order chi connectivity index (χ1) is 7.27. The third-order valence-electron chi connectivity index (χ3n) is 3.48. The lowest BCUT2D eigenvalue weighted by Crippen LogP contribution is -2.46. The molecule has 1 atom stereocenters. The van der Waals surface area contributed by atoms with Gasteiger partial charge in [-0.1, -0.05) is 5.57 Å². The van der Waals surface area contributed by atoms with E-state index in [0.717, 1.165) is 39.1 Å². The summed E-state index contributed by atoms with van der Waals surface area (Å²) in [6.45, 7) is 5.49. The van der Waals surface area contributed by atoms with E-state index in [9.17, 15) is 4.79 Å². The van der Waals surface area contributed by atoms with E-state index in [0.29, 0.717) is 12.2 Å². The first-order valence-electron chi connectivity index (χ1n) is 5.79. The number of rotatable bonds is 3. The van der Waals surface area contributed by atoms with Crippen molar-refractivity contribution < 1.29 is 9.53 Å². The molecular weight excluding hydrogens is 190 g/mol. The molecule has 2 aliphatic rings. The average Bonchev–Trinajstić information content (AvgIpc) is 2.27. The third kappa shape index (κ3) is 2.13. The molecule has 0 amide bonds. The molecule has 0 spiro atoms. The lowest BCUT2D eigenvalue weighted by atomic mass is 9.70. The van der Waals surface area contributed by atoms with E-state index in [-0.39, 0.29) is 5.41 Å². The normalized spacial score (nSPS) is 31.0. The Bertz CT molecular complexity index is 285. The number of carbonyl (C=O) groups excluding carboxylic acids is 1. The quantitative estimate of drug-likeness (QED) is 0.761. The molecule has 0 radical (unpaired) electrons. The number of fused-ring (bicyclic) bond motifs is 1. The van der Waals surface area contributed by atoms with Crippen molar-refractivity contribution in [2.75, 3.05) is 26.3 Å². The number of hydrogen-bond acceptors (Lipinski definition) is 3. The predicted molar refractivity (Wildman–Crippen MR) is 58.7 cm³/mol. The van der Waals surface area contributed by atoms with Crippen LogP contribution in [0.5, 0.6) is 0 Å². The lowest BCUT2D eigenvalue weighted by Gasteiger charge is -2.42. The number of allylic oxidation sites excluding steroid dienone is 1. The number of carbonyl (C=O) groups is 1. The van der Waals surface area contributed by atoms with E-state index in [1.807, 2.05) is 13.0 Å². The molecule has 1 fully saturated rings. The SMILES string of the molecule is CCOCC12CCC(=O)C=C1CCNC2. The van der Waals surface area contributed by atoms with Crippen LogP contribution in [0.4, 0.5) is 0 Å². The molecule has 0 aromatic rings. The molecule has 15 heavy (non-hydrogen) atoms. The van der Waals surface area contributed by atoms with Crippen LogP contribution in [0.1, 0.15) is 26.2 Å². The maximum atomic E-state index is 11.4. The molecule has 1 aliphatic carbocycles. The minimum atomic E-state index is 0.113. The van der Waals surface area contributed by atoms with E-state index in [4.69, 9.17) is 4.74 Å². The van der Waals surface area contributed by atoms with Gasteiger partial charge >= 0.3 is 0 Å².